The Morgan fingerprint density at radius 1 is 0.973 bits per heavy atom. The second kappa shape index (κ2) is 10.2. The lowest BCUT2D eigenvalue weighted by atomic mass is 9.97. The molecule has 0 aromatic heterocycles. The van der Waals surface area contributed by atoms with Crippen LogP contribution in [-0.2, 0) is 10.0 Å². The number of piperazine rings is 1. The van der Waals surface area contributed by atoms with Crippen LogP contribution in [0, 0.1) is 0 Å². The first-order valence-electron chi connectivity index (χ1n) is 11.8. The molecule has 37 heavy (non-hydrogen) atoms. The zero-order valence-corrected chi connectivity index (χ0v) is 21.8. The summed E-state index contributed by atoms with van der Waals surface area (Å²) in [6.07, 6.45) is -6.26. The molecule has 2 aliphatic rings. The molecule has 0 radical (unpaired) electrons. The Bertz CT molecular complexity index is 1220. The fourth-order valence-corrected chi connectivity index (χ4v) is 6.17. The number of hydrogen-bond donors (Lipinski definition) is 1. The summed E-state index contributed by atoms with van der Waals surface area (Å²) in [6, 6.07) is 9.75. The largest absolute Gasteiger partial charge is 0.455 e. The SMILES string of the molecule is CC(C)S(=O)(=O)N1CCN(c2cccc(C3CC(C(F)(F)C(F)(F)F)N(c4ccccc4Cl)N3)c2)CC1. The number of sulfonamides is 1. The van der Waals surface area contributed by atoms with E-state index in [4.69, 9.17) is 11.6 Å². The highest BCUT2D eigenvalue weighted by molar-refractivity contribution is 7.89. The molecule has 2 fully saturated rings. The summed E-state index contributed by atoms with van der Waals surface area (Å²) >= 11 is 6.16. The van der Waals surface area contributed by atoms with Gasteiger partial charge < -0.3 is 4.90 Å². The van der Waals surface area contributed by atoms with Crippen LogP contribution < -0.4 is 15.3 Å². The van der Waals surface area contributed by atoms with Gasteiger partial charge in [-0.25, -0.2) is 13.8 Å². The maximum Gasteiger partial charge on any atom is 0.455 e. The van der Waals surface area contributed by atoms with Crippen LogP contribution in [0.5, 0.6) is 0 Å². The molecule has 4 rings (SSSR count). The van der Waals surface area contributed by atoms with Crippen molar-refractivity contribution < 1.29 is 30.4 Å². The van der Waals surface area contributed by atoms with Crippen LogP contribution in [0.15, 0.2) is 48.5 Å². The van der Waals surface area contributed by atoms with E-state index in [1.807, 2.05) is 4.90 Å². The van der Waals surface area contributed by atoms with Crippen molar-refractivity contribution in [2.45, 2.75) is 49.7 Å². The van der Waals surface area contributed by atoms with Gasteiger partial charge in [-0.05, 0) is 50.1 Å². The fourth-order valence-electron chi connectivity index (χ4n) is 4.67. The quantitative estimate of drug-likeness (QED) is 0.486. The lowest BCUT2D eigenvalue weighted by Crippen LogP contribution is -2.55. The van der Waals surface area contributed by atoms with Gasteiger partial charge in [-0.2, -0.15) is 26.3 Å². The summed E-state index contributed by atoms with van der Waals surface area (Å²) in [7, 11) is -3.38. The van der Waals surface area contributed by atoms with E-state index < -0.39 is 45.9 Å². The van der Waals surface area contributed by atoms with Gasteiger partial charge in [0.1, 0.15) is 6.04 Å². The normalized spacial score (nSPS) is 22.2. The third kappa shape index (κ3) is 5.39. The molecule has 2 aromatic rings. The number of hydrazine groups is 1. The molecule has 204 valence electrons. The first kappa shape index (κ1) is 27.9. The smallest absolute Gasteiger partial charge is 0.369 e. The van der Waals surface area contributed by atoms with Crippen LogP contribution >= 0.6 is 11.6 Å². The van der Waals surface area contributed by atoms with Crippen molar-refractivity contribution in [2.75, 3.05) is 36.1 Å². The average Bonchev–Trinajstić information content (AvgIpc) is 3.30. The van der Waals surface area contributed by atoms with Crippen LogP contribution in [0.2, 0.25) is 5.02 Å². The third-order valence-electron chi connectivity index (χ3n) is 6.81. The molecule has 6 nitrogen and oxygen atoms in total. The molecular formula is C24H28ClF5N4O2S. The monoisotopic (exact) mass is 566 g/mol. The molecular weight excluding hydrogens is 539 g/mol. The zero-order valence-electron chi connectivity index (χ0n) is 20.2. The highest BCUT2D eigenvalue weighted by atomic mass is 35.5. The van der Waals surface area contributed by atoms with Crippen LogP contribution in [0.25, 0.3) is 0 Å². The fraction of sp³-hybridized carbons (Fsp3) is 0.500. The molecule has 1 N–H and O–H groups in total. The van der Waals surface area contributed by atoms with Crippen molar-refractivity contribution in [1.82, 2.24) is 9.73 Å². The Hall–Kier alpha value is -2.15. The number of para-hydroxylation sites is 1. The van der Waals surface area contributed by atoms with E-state index >= 15 is 0 Å². The van der Waals surface area contributed by atoms with E-state index in [-0.39, 0.29) is 10.7 Å². The lowest BCUT2D eigenvalue weighted by molar-refractivity contribution is -0.289. The second-order valence-electron chi connectivity index (χ2n) is 9.45. The van der Waals surface area contributed by atoms with E-state index in [9.17, 15) is 30.4 Å². The Balaban J connectivity index is 1.58. The van der Waals surface area contributed by atoms with Crippen LogP contribution in [0.4, 0.5) is 33.3 Å². The van der Waals surface area contributed by atoms with Crippen molar-refractivity contribution >= 4 is 33.0 Å². The maximum absolute atomic E-state index is 14.6. The van der Waals surface area contributed by atoms with Crippen molar-refractivity contribution in [2.24, 2.45) is 0 Å². The first-order valence-corrected chi connectivity index (χ1v) is 13.7. The van der Waals surface area contributed by atoms with E-state index in [1.165, 1.54) is 22.5 Å². The highest BCUT2D eigenvalue weighted by Gasteiger charge is 2.66. The Morgan fingerprint density at radius 2 is 1.62 bits per heavy atom. The molecule has 2 atom stereocenters. The molecule has 0 bridgehead atoms. The van der Waals surface area contributed by atoms with Crippen molar-refractivity contribution in [3.05, 3.63) is 59.1 Å². The molecule has 2 saturated heterocycles. The Morgan fingerprint density at radius 3 is 2.22 bits per heavy atom. The summed E-state index contributed by atoms with van der Waals surface area (Å²) in [5.41, 5.74) is 4.12. The van der Waals surface area contributed by atoms with Crippen molar-refractivity contribution in [3.63, 3.8) is 0 Å². The van der Waals surface area contributed by atoms with Gasteiger partial charge in [-0.15, -0.1) is 0 Å². The van der Waals surface area contributed by atoms with E-state index in [0.29, 0.717) is 31.7 Å². The number of alkyl halides is 5. The van der Waals surface area contributed by atoms with Gasteiger partial charge in [0.05, 0.1) is 22.0 Å². The standard InChI is InChI=1S/C24H28ClF5N4O2S/c1-16(2)37(35,36)33-12-10-32(11-13-33)18-7-5-6-17(14-18)20-15-22(23(26,27)24(28,29)30)34(31-20)21-9-4-3-8-19(21)25/h3-9,14,16,20,22,31H,10-13,15H2,1-2H3. The molecule has 0 amide bonds. The van der Waals surface area contributed by atoms with Crippen molar-refractivity contribution in [3.8, 4) is 0 Å². The number of nitrogens with zero attached hydrogens (tertiary/aromatic N) is 3. The predicted molar refractivity (Wildman–Crippen MR) is 133 cm³/mol. The molecule has 2 unspecified atom stereocenters. The number of anilines is 2. The van der Waals surface area contributed by atoms with Gasteiger partial charge >= 0.3 is 12.1 Å². The lowest BCUT2D eigenvalue weighted by Gasteiger charge is -2.36. The molecule has 0 spiro atoms. The number of hydrogen-bond acceptors (Lipinski definition) is 5. The summed E-state index contributed by atoms with van der Waals surface area (Å²) in [5, 5.41) is 0.337. The van der Waals surface area contributed by atoms with Gasteiger partial charge in [0.25, 0.3) is 0 Å². The molecule has 2 aliphatic heterocycles. The van der Waals surface area contributed by atoms with E-state index in [1.54, 1.807) is 44.2 Å². The van der Waals surface area contributed by atoms with Gasteiger partial charge in [0.2, 0.25) is 10.0 Å². The number of benzene rings is 2. The third-order valence-corrected chi connectivity index (χ3v) is 9.40. The highest BCUT2D eigenvalue weighted by Crippen LogP contribution is 2.47. The minimum absolute atomic E-state index is 0.0271. The maximum atomic E-state index is 14.6. The van der Waals surface area contributed by atoms with E-state index in [2.05, 4.69) is 5.43 Å². The van der Waals surface area contributed by atoms with Crippen LogP contribution in [-0.4, -0.2) is 62.3 Å². The molecule has 13 heteroatoms. The summed E-state index contributed by atoms with van der Waals surface area (Å²) < 4.78 is 95.8. The second-order valence-corrected chi connectivity index (χ2v) is 12.3. The number of halogens is 6. The molecule has 2 aromatic carbocycles. The Labute approximate surface area is 218 Å². The Kier molecular flexibility index (Phi) is 7.68. The minimum Gasteiger partial charge on any atom is -0.369 e. The van der Waals surface area contributed by atoms with Gasteiger partial charge in [-0.3, -0.25) is 5.01 Å². The van der Waals surface area contributed by atoms with Gasteiger partial charge in [-0.1, -0.05) is 35.9 Å². The summed E-state index contributed by atoms with van der Waals surface area (Å²) in [4.78, 5) is 1.97. The van der Waals surface area contributed by atoms with Gasteiger partial charge in [0, 0.05) is 31.9 Å². The summed E-state index contributed by atoms with van der Waals surface area (Å²) in [6.45, 7) is 4.70. The van der Waals surface area contributed by atoms with Crippen molar-refractivity contribution in [1.29, 1.82) is 0 Å². The number of nitrogens with one attached hydrogen (secondary N) is 1. The average molecular weight is 567 g/mol. The predicted octanol–water partition coefficient (Wildman–Crippen LogP) is 5.22. The first-order chi connectivity index (χ1) is 17.2. The molecule has 0 aliphatic carbocycles. The topological polar surface area (TPSA) is 55.9 Å². The summed E-state index contributed by atoms with van der Waals surface area (Å²) in [5.74, 6) is -5.00. The van der Waals surface area contributed by atoms with E-state index in [0.717, 1.165) is 10.7 Å². The zero-order chi connectivity index (χ0) is 27.2. The van der Waals surface area contributed by atoms with Gasteiger partial charge in [0.15, 0.2) is 0 Å². The van der Waals surface area contributed by atoms with Crippen LogP contribution in [0.1, 0.15) is 31.9 Å². The van der Waals surface area contributed by atoms with Crippen LogP contribution in [0.3, 0.4) is 0 Å². The molecule has 0 saturated carbocycles. The minimum atomic E-state index is -5.74. The molecule has 2 heterocycles. The number of rotatable bonds is 6.